The zero-order valence-corrected chi connectivity index (χ0v) is 16.6. The molecule has 3 nitrogen and oxygen atoms in total. The third-order valence-electron chi connectivity index (χ3n) is 4.81. The van der Waals surface area contributed by atoms with Crippen LogP contribution in [0, 0.1) is 0 Å². The second-order valence-corrected chi connectivity index (χ2v) is 6.50. The lowest BCUT2D eigenvalue weighted by Gasteiger charge is -2.40. The van der Waals surface area contributed by atoms with E-state index in [9.17, 15) is 0 Å². The number of hydrogen-bond acceptors (Lipinski definition) is 3. The molecule has 0 saturated heterocycles. The average molecular weight is 356 g/mol. The van der Waals surface area contributed by atoms with Crippen molar-refractivity contribution in [3.05, 3.63) is 71.8 Å². The fourth-order valence-corrected chi connectivity index (χ4v) is 3.44. The van der Waals surface area contributed by atoms with Gasteiger partial charge in [0.1, 0.15) is 0 Å². The Balaban J connectivity index is 2.33. The van der Waals surface area contributed by atoms with E-state index in [-0.39, 0.29) is 18.4 Å². The van der Waals surface area contributed by atoms with E-state index in [1.54, 1.807) is 0 Å². The van der Waals surface area contributed by atoms with Crippen LogP contribution in [0.4, 0.5) is 0 Å². The summed E-state index contributed by atoms with van der Waals surface area (Å²) < 4.78 is 12.0. The predicted molar refractivity (Wildman–Crippen MR) is 108 cm³/mol. The highest BCUT2D eigenvalue weighted by Gasteiger charge is 2.31. The summed E-state index contributed by atoms with van der Waals surface area (Å²) in [6.45, 7) is 10.7. The molecule has 26 heavy (non-hydrogen) atoms. The molecular weight excluding hydrogens is 322 g/mol. The molecule has 142 valence electrons. The highest BCUT2D eigenvalue weighted by molar-refractivity contribution is 5.20. The molecule has 0 radical (unpaired) electrons. The minimum Gasteiger partial charge on any atom is -0.351 e. The van der Waals surface area contributed by atoms with E-state index in [0.717, 1.165) is 13.0 Å². The van der Waals surface area contributed by atoms with E-state index in [2.05, 4.69) is 79.4 Å². The van der Waals surface area contributed by atoms with E-state index in [4.69, 9.17) is 9.47 Å². The minimum absolute atomic E-state index is 0.185. The SMILES string of the molecule is CCOC(OCC)C(CC)N(Cc1ccccc1)[C@H](C)c1ccccc1. The van der Waals surface area contributed by atoms with Gasteiger partial charge in [-0.25, -0.2) is 0 Å². The maximum absolute atomic E-state index is 5.98. The molecule has 2 atom stereocenters. The molecule has 0 amide bonds. The molecule has 3 heteroatoms. The van der Waals surface area contributed by atoms with Crippen LogP contribution < -0.4 is 0 Å². The van der Waals surface area contributed by atoms with Crippen molar-refractivity contribution in [3.8, 4) is 0 Å². The fraction of sp³-hybridized carbons (Fsp3) is 0.478. The summed E-state index contributed by atoms with van der Waals surface area (Å²) in [5, 5.41) is 0. The molecule has 2 aromatic rings. The van der Waals surface area contributed by atoms with Crippen LogP contribution in [-0.4, -0.2) is 30.4 Å². The smallest absolute Gasteiger partial charge is 0.172 e. The lowest BCUT2D eigenvalue weighted by atomic mass is 10.0. The summed E-state index contributed by atoms with van der Waals surface area (Å²) in [6, 6.07) is 21.8. The summed E-state index contributed by atoms with van der Waals surface area (Å²) in [7, 11) is 0. The van der Waals surface area contributed by atoms with Crippen molar-refractivity contribution in [2.24, 2.45) is 0 Å². The molecule has 0 saturated carbocycles. The van der Waals surface area contributed by atoms with Crippen LogP contribution in [-0.2, 0) is 16.0 Å². The van der Waals surface area contributed by atoms with Crippen LogP contribution in [0.1, 0.15) is 51.3 Å². The molecule has 0 aliphatic carbocycles. The molecule has 0 aliphatic rings. The third kappa shape index (κ3) is 5.66. The van der Waals surface area contributed by atoms with Gasteiger partial charge in [0.15, 0.2) is 6.29 Å². The van der Waals surface area contributed by atoms with Gasteiger partial charge in [-0.15, -0.1) is 0 Å². The summed E-state index contributed by atoms with van der Waals surface area (Å²) >= 11 is 0. The molecule has 0 heterocycles. The second-order valence-electron chi connectivity index (χ2n) is 6.50. The van der Waals surface area contributed by atoms with E-state index in [1.807, 2.05) is 13.8 Å². The number of benzene rings is 2. The van der Waals surface area contributed by atoms with Crippen LogP contribution in [0.3, 0.4) is 0 Å². The largest absolute Gasteiger partial charge is 0.351 e. The summed E-state index contributed by atoms with van der Waals surface area (Å²) in [6.07, 6.45) is 0.749. The molecule has 0 fully saturated rings. The van der Waals surface area contributed by atoms with Crippen LogP contribution in [0.25, 0.3) is 0 Å². The van der Waals surface area contributed by atoms with Crippen molar-refractivity contribution in [3.63, 3.8) is 0 Å². The first-order valence-electron chi connectivity index (χ1n) is 9.79. The lowest BCUT2D eigenvalue weighted by molar-refractivity contribution is -0.180. The first-order valence-corrected chi connectivity index (χ1v) is 9.79. The Morgan fingerprint density at radius 2 is 1.35 bits per heavy atom. The van der Waals surface area contributed by atoms with Gasteiger partial charge in [-0.2, -0.15) is 0 Å². The van der Waals surface area contributed by atoms with Crippen LogP contribution in [0.15, 0.2) is 60.7 Å². The number of ether oxygens (including phenoxy) is 2. The molecule has 0 aliphatic heterocycles. The van der Waals surface area contributed by atoms with Crippen molar-refractivity contribution in [1.82, 2.24) is 4.90 Å². The normalized spacial score (nSPS) is 13.9. The minimum atomic E-state index is -0.218. The summed E-state index contributed by atoms with van der Waals surface area (Å²) in [5.41, 5.74) is 2.62. The van der Waals surface area contributed by atoms with Crippen LogP contribution >= 0.6 is 0 Å². The number of nitrogens with zero attached hydrogens (tertiary/aromatic N) is 1. The highest BCUT2D eigenvalue weighted by Crippen LogP contribution is 2.28. The number of rotatable bonds is 11. The van der Waals surface area contributed by atoms with Crippen molar-refractivity contribution in [2.45, 2.75) is 59.0 Å². The van der Waals surface area contributed by atoms with Crippen LogP contribution in [0.2, 0.25) is 0 Å². The van der Waals surface area contributed by atoms with E-state index in [0.29, 0.717) is 13.2 Å². The van der Waals surface area contributed by atoms with E-state index < -0.39 is 0 Å². The van der Waals surface area contributed by atoms with Gasteiger partial charge in [0.25, 0.3) is 0 Å². The van der Waals surface area contributed by atoms with Crippen LogP contribution in [0.5, 0.6) is 0 Å². The molecule has 2 rings (SSSR count). The van der Waals surface area contributed by atoms with Gasteiger partial charge in [-0.05, 0) is 38.3 Å². The maximum Gasteiger partial charge on any atom is 0.172 e. The maximum atomic E-state index is 5.98. The lowest BCUT2D eigenvalue weighted by Crippen LogP contribution is -2.46. The second kappa shape index (κ2) is 11.1. The Labute approximate surface area is 158 Å². The van der Waals surface area contributed by atoms with Gasteiger partial charge in [0, 0.05) is 25.8 Å². The number of hydrogen-bond donors (Lipinski definition) is 0. The predicted octanol–water partition coefficient (Wildman–Crippen LogP) is 5.43. The van der Waals surface area contributed by atoms with Crippen molar-refractivity contribution in [1.29, 1.82) is 0 Å². The van der Waals surface area contributed by atoms with Crippen molar-refractivity contribution < 1.29 is 9.47 Å². The Kier molecular flexibility index (Phi) is 8.82. The third-order valence-corrected chi connectivity index (χ3v) is 4.81. The van der Waals surface area contributed by atoms with Gasteiger partial charge >= 0.3 is 0 Å². The molecule has 0 aromatic heterocycles. The topological polar surface area (TPSA) is 21.7 Å². The van der Waals surface area contributed by atoms with Gasteiger partial charge in [0.2, 0.25) is 0 Å². The molecule has 2 aromatic carbocycles. The molecule has 0 bridgehead atoms. The van der Waals surface area contributed by atoms with Gasteiger partial charge < -0.3 is 9.47 Å². The molecule has 1 unspecified atom stereocenters. The first-order chi connectivity index (χ1) is 12.7. The zero-order chi connectivity index (χ0) is 18.8. The quantitative estimate of drug-likeness (QED) is 0.502. The highest BCUT2D eigenvalue weighted by atomic mass is 16.7. The Bertz CT molecular complexity index is 596. The van der Waals surface area contributed by atoms with Crippen molar-refractivity contribution >= 4 is 0 Å². The van der Waals surface area contributed by atoms with Gasteiger partial charge in [-0.1, -0.05) is 67.6 Å². The standard InChI is InChI=1S/C23H33NO2/c1-5-22(23(25-6-2)26-7-3)24(18-20-14-10-8-11-15-20)19(4)21-16-12-9-13-17-21/h8-17,19,22-23H,5-7,18H2,1-4H3/t19-,22?/m1/s1. The van der Waals surface area contributed by atoms with Crippen molar-refractivity contribution in [2.75, 3.05) is 13.2 Å². The molecule has 0 spiro atoms. The summed E-state index contributed by atoms with van der Waals surface area (Å²) in [4.78, 5) is 2.51. The van der Waals surface area contributed by atoms with E-state index in [1.165, 1.54) is 11.1 Å². The monoisotopic (exact) mass is 355 g/mol. The van der Waals surface area contributed by atoms with E-state index >= 15 is 0 Å². The Hall–Kier alpha value is -1.68. The fourth-order valence-electron chi connectivity index (χ4n) is 3.44. The molecular formula is C23H33NO2. The Morgan fingerprint density at radius 1 is 0.808 bits per heavy atom. The van der Waals surface area contributed by atoms with Gasteiger partial charge in [-0.3, -0.25) is 4.90 Å². The summed E-state index contributed by atoms with van der Waals surface area (Å²) in [5.74, 6) is 0. The zero-order valence-electron chi connectivity index (χ0n) is 16.6. The average Bonchev–Trinajstić information content (AvgIpc) is 2.69. The van der Waals surface area contributed by atoms with Gasteiger partial charge in [0.05, 0.1) is 6.04 Å². The Morgan fingerprint density at radius 3 is 1.85 bits per heavy atom. The first kappa shape index (κ1) is 20.6. The molecule has 0 N–H and O–H groups in total.